The van der Waals surface area contributed by atoms with Crippen LogP contribution in [0.2, 0.25) is 0 Å². The molecule has 1 atom stereocenters. The number of likely N-dealkylation sites (N-methyl/N-ethyl adjacent to an activating group) is 1. The number of carbonyl (C=O) groups excluding carboxylic acids is 1. The smallest absolute Gasteiger partial charge is 0.326 e. The van der Waals surface area contributed by atoms with E-state index < -0.39 is 12.0 Å². The number of hydrogen-bond acceptors (Lipinski definition) is 3. The molecule has 0 fully saturated rings. The van der Waals surface area contributed by atoms with E-state index in [1.807, 2.05) is 0 Å². The van der Waals surface area contributed by atoms with Crippen LogP contribution in [0, 0.1) is 0 Å². The van der Waals surface area contributed by atoms with Gasteiger partial charge in [0, 0.05) is 27.6 Å². The molecule has 104 valence electrons. The van der Waals surface area contributed by atoms with Crippen molar-refractivity contribution in [3.05, 3.63) is 29.8 Å². The quantitative estimate of drug-likeness (QED) is 0.852. The van der Waals surface area contributed by atoms with E-state index in [0.29, 0.717) is 0 Å². The second-order valence-electron chi connectivity index (χ2n) is 4.51. The van der Waals surface area contributed by atoms with E-state index in [4.69, 9.17) is 0 Å². The number of amides is 2. The van der Waals surface area contributed by atoms with Gasteiger partial charge in [-0.2, -0.15) is 0 Å². The Kier molecular flexibility index (Phi) is 4.74. The Bertz CT molecular complexity index is 456. The molecule has 0 radical (unpaired) electrons. The molecule has 0 heterocycles. The van der Waals surface area contributed by atoms with E-state index in [1.165, 1.54) is 29.0 Å². The molecule has 0 bridgehead atoms. The van der Waals surface area contributed by atoms with Gasteiger partial charge in [0.1, 0.15) is 11.8 Å². The second kappa shape index (κ2) is 6.08. The molecule has 1 aromatic carbocycles. The summed E-state index contributed by atoms with van der Waals surface area (Å²) in [6.45, 7) is 0. The molecule has 1 aromatic rings. The largest absolute Gasteiger partial charge is 0.508 e. The molecule has 0 spiro atoms. The van der Waals surface area contributed by atoms with Gasteiger partial charge in [0.05, 0.1) is 0 Å². The van der Waals surface area contributed by atoms with Gasteiger partial charge in [-0.15, -0.1) is 0 Å². The Balaban J connectivity index is 2.87. The number of aromatic hydroxyl groups is 1. The van der Waals surface area contributed by atoms with E-state index in [-0.39, 0.29) is 18.2 Å². The maximum atomic E-state index is 11.8. The van der Waals surface area contributed by atoms with Crippen LogP contribution in [0.1, 0.15) is 5.56 Å². The summed E-state index contributed by atoms with van der Waals surface area (Å²) in [7, 11) is 4.60. The first-order valence-electron chi connectivity index (χ1n) is 5.77. The third-order valence-corrected chi connectivity index (χ3v) is 2.80. The maximum absolute atomic E-state index is 11.8. The monoisotopic (exact) mass is 266 g/mol. The summed E-state index contributed by atoms with van der Waals surface area (Å²) in [4.78, 5) is 25.6. The number of rotatable bonds is 4. The topological polar surface area (TPSA) is 81.1 Å². The molecule has 6 nitrogen and oxygen atoms in total. The molecule has 0 aromatic heterocycles. The van der Waals surface area contributed by atoms with Crippen LogP contribution >= 0.6 is 0 Å². The summed E-state index contributed by atoms with van der Waals surface area (Å²) in [6, 6.07) is 4.94. The number of nitrogens with zero attached hydrogens (tertiary/aromatic N) is 2. The predicted molar refractivity (Wildman–Crippen MR) is 70.1 cm³/mol. The minimum absolute atomic E-state index is 0.119. The predicted octanol–water partition coefficient (Wildman–Crippen LogP) is 1.00. The average Bonchev–Trinajstić information content (AvgIpc) is 2.35. The highest BCUT2D eigenvalue weighted by Gasteiger charge is 2.27. The maximum Gasteiger partial charge on any atom is 0.326 e. The van der Waals surface area contributed by atoms with Crippen molar-refractivity contribution in [2.75, 3.05) is 21.1 Å². The molecule has 1 unspecified atom stereocenters. The van der Waals surface area contributed by atoms with Crippen molar-refractivity contribution in [2.24, 2.45) is 0 Å². The zero-order valence-electron chi connectivity index (χ0n) is 11.2. The molecule has 0 aliphatic rings. The van der Waals surface area contributed by atoms with Crippen molar-refractivity contribution in [1.29, 1.82) is 0 Å². The Hall–Kier alpha value is -2.24. The molecule has 0 aliphatic carbocycles. The van der Waals surface area contributed by atoms with Gasteiger partial charge in [0.25, 0.3) is 0 Å². The molecule has 6 heteroatoms. The van der Waals surface area contributed by atoms with Gasteiger partial charge in [-0.1, -0.05) is 12.1 Å². The molecule has 19 heavy (non-hydrogen) atoms. The van der Waals surface area contributed by atoms with Crippen molar-refractivity contribution in [3.63, 3.8) is 0 Å². The van der Waals surface area contributed by atoms with Crippen molar-refractivity contribution < 1.29 is 19.8 Å². The minimum atomic E-state index is -1.06. The third kappa shape index (κ3) is 3.87. The van der Waals surface area contributed by atoms with Crippen molar-refractivity contribution in [3.8, 4) is 5.75 Å². The lowest BCUT2D eigenvalue weighted by molar-refractivity contribution is -0.141. The fraction of sp³-hybridized carbons (Fsp3) is 0.385. The number of phenols is 1. The van der Waals surface area contributed by atoms with E-state index in [0.717, 1.165) is 5.56 Å². The van der Waals surface area contributed by atoms with E-state index in [9.17, 15) is 19.8 Å². The molecular weight excluding hydrogens is 248 g/mol. The molecule has 2 amide bonds. The van der Waals surface area contributed by atoms with Crippen LogP contribution < -0.4 is 0 Å². The van der Waals surface area contributed by atoms with Gasteiger partial charge in [-0.3, -0.25) is 0 Å². The lowest BCUT2D eigenvalue weighted by Crippen LogP contribution is -2.47. The fourth-order valence-corrected chi connectivity index (χ4v) is 1.69. The lowest BCUT2D eigenvalue weighted by Gasteiger charge is -2.27. The van der Waals surface area contributed by atoms with Crippen molar-refractivity contribution in [1.82, 2.24) is 9.80 Å². The number of carboxylic acid groups (broad SMARTS) is 1. The number of carbonyl (C=O) groups is 2. The zero-order valence-corrected chi connectivity index (χ0v) is 11.2. The number of phenolic OH excluding ortho intramolecular Hbond substituents is 1. The van der Waals surface area contributed by atoms with E-state index in [2.05, 4.69) is 0 Å². The number of carboxylic acids is 1. The molecule has 0 aliphatic heterocycles. The number of hydrogen-bond donors (Lipinski definition) is 2. The summed E-state index contributed by atoms with van der Waals surface area (Å²) >= 11 is 0. The molecule has 2 N–H and O–H groups in total. The van der Waals surface area contributed by atoms with Gasteiger partial charge in [0.2, 0.25) is 0 Å². The zero-order chi connectivity index (χ0) is 14.6. The molecule has 0 saturated heterocycles. The van der Waals surface area contributed by atoms with Crippen LogP contribution in [-0.2, 0) is 11.2 Å². The Morgan fingerprint density at radius 2 is 1.68 bits per heavy atom. The number of benzene rings is 1. The van der Waals surface area contributed by atoms with Crippen molar-refractivity contribution in [2.45, 2.75) is 12.5 Å². The number of urea groups is 1. The summed E-state index contributed by atoms with van der Waals surface area (Å²) in [5.74, 6) is -0.945. The van der Waals surface area contributed by atoms with Gasteiger partial charge in [-0.25, -0.2) is 9.59 Å². The minimum Gasteiger partial charge on any atom is -0.508 e. The lowest BCUT2D eigenvalue weighted by atomic mass is 10.1. The van der Waals surface area contributed by atoms with Crippen LogP contribution in [0.4, 0.5) is 4.79 Å². The normalized spacial score (nSPS) is 11.7. The van der Waals surface area contributed by atoms with Crippen LogP contribution in [-0.4, -0.2) is 59.2 Å². The Morgan fingerprint density at radius 3 is 2.11 bits per heavy atom. The third-order valence-electron chi connectivity index (χ3n) is 2.80. The molecule has 0 saturated carbocycles. The fourth-order valence-electron chi connectivity index (χ4n) is 1.69. The van der Waals surface area contributed by atoms with Crippen molar-refractivity contribution >= 4 is 12.0 Å². The second-order valence-corrected chi connectivity index (χ2v) is 4.51. The SMILES string of the molecule is CN(C)C(=O)N(C)C(Cc1ccc(O)cc1)C(=O)O. The number of aliphatic carboxylic acids is 1. The highest BCUT2D eigenvalue weighted by molar-refractivity contribution is 5.82. The van der Waals surface area contributed by atoms with Gasteiger partial charge < -0.3 is 20.0 Å². The summed E-state index contributed by atoms with van der Waals surface area (Å²) in [5.41, 5.74) is 0.739. The van der Waals surface area contributed by atoms with Gasteiger partial charge >= 0.3 is 12.0 Å². The molecule has 1 rings (SSSR count). The van der Waals surface area contributed by atoms with Gasteiger partial charge in [0.15, 0.2) is 0 Å². The summed E-state index contributed by atoms with van der Waals surface area (Å²) in [5, 5.41) is 18.4. The van der Waals surface area contributed by atoms with Crippen LogP contribution in [0.3, 0.4) is 0 Å². The average molecular weight is 266 g/mol. The highest BCUT2D eigenvalue weighted by Crippen LogP contribution is 2.14. The van der Waals surface area contributed by atoms with Crippen LogP contribution in [0.5, 0.6) is 5.75 Å². The summed E-state index contributed by atoms with van der Waals surface area (Å²) < 4.78 is 0. The molecular formula is C13H18N2O4. The van der Waals surface area contributed by atoms with Gasteiger partial charge in [-0.05, 0) is 17.7 Å². The first-order chi connectivity index (χ1) is 8.82. The first-order valence-corrected chi connectivity index (χ1v) is 5.77. The van der Waals surface area contributed by atoms with E-state index in [1.54, 1.807) is 26.2 Å². The Labute approximate surface area is 111 Å². The summed E-state index contributed by atoms with van der Waals surface area (Å²) in [6.07, 6.45) is 0.186. The van der Waals surface area contributed by atoms with E-state index >= 15 is 0 Å². The first kappa shape index (κ1) is 14.8. The van der Waals surface area contributed by atoms with Crippen LogP contribution in [0.25, 0.3) is 0 Å². The Morgan fingerprint density at radius 1 is 1.16 bits per heavy atom. The standard InChI is InChI=1S/C13H18N2O4/c1-14(2)13(19)15(3)11(12(17)18)8-9-4-6-10(16)7-5-9/h4-7,11,16H,8H2,1-3H3,(H,17,18). The van der Waals surface area contributed by atoms with Crippen LogP contribution in [0.15, 0.2) is 24.3 Å². The highest BCUT2D eigenvalue weighted by atomic mass is 16.4.